The van der Waals surface area contributed by atoms with E-state index in [1.54, 1.807) is 19.4 Å². The maximum Gasteiger partial charge on any atom is 0.239 e. The molecule has 0 aliphatic heterocycles. The lowest BCUT2D eigenvalue weighted by atomic mass is 9.97. The minimum atomic E-state index is -0.0978. The summed E-state index contributed by atoms with van der Waals surface area (Å²) in [5.74, 6) is 1.29. The first-order chi connectivity index (χ1) is 11.3. The minimum Gasteiger partial charge on any atom is -0.467 e. The molecule has 6 heteroatoms. The Morgan fingerprint density at radius 1 is 1.30 bits per heavy atom. The van der Waals surface area contributed by atoms with Gasteiger partial charge in [0.15, 0.2) is 5.96 Å². The number of rotatable bonds is 7. The number of carbonyl (C=O) groups is 1. The number of carbonyl (C=O) groups excluding carboxylic acids is 1. The summed E-state index contributed by atoms with van der Waals surface area (Å²) in [6.07, 6.45) is 10.0. The van der Waals surface area contributed by atoms with Crippen molar-refractivity contribution >= 4 is 11.9 Å². The molecule has 1 aromatic heterocycles. The van der Waals surface area contributed by atoms with Gasteiger partial charge in [0.25, 0.3) is 0 Å². The van der Waals surface area contributed by atoms with E-state index in [9.17, 15) is 4.79 Å². The molecule has 0 atom stereocenters. The average molecular weight is 318 g/mol. The number of amides is 1. The fourth-order valence-corrected chi connectivity index (χ4v) is 2.52. The quantitative estimate of drug-likeness (QED) is 0.408. The van der Waals surface area contributed by atoms with Gasteiger partial charge >= 0.3 is 0 Å². The van der Waals surface area contributed by atoms with Crippen LogP contribution in [0, 0.1) is 0 Å². The van der Waals surface area contributed by atoms with Crippen molar-refractivity contribution in [2.45, 2.75) is 38.6 Å². The predicted molar refractivity (Wildman–Crippen MR) is 91.1 cm³/mol. The summed E-state index contributed by atoms with van der Waals surface area (Å²) < 4.78 is 5.16. The van der Waals surface area contributed by atoms with Crippen LogP contribution in [-0.4, -0.2) is 32.0 Å². The number of nitrogens with zero attached hydrogens (tertiary/aromatic N) is 1. The van der Waals surface area contributed by atoms with Crippen LogP contribution in [-0.2, 0) is 11.3 Å². The van der Waals surface area contributed by atoms with Gasteiger partial charge in [0.2, 0.25) is 5.91 Å². The third kappa shape index (κ3) is 6.59. The summed E-state index contributed by atoms with van der Waals surface area (Å²) in [6, 6.07) is 3.63. The lowest BCUT2D eigenvalue weighted by Gasteiger charge is -2.15. The molecule has 0 bridgehead atoms. The number of guanidine groups is 1. The molecule has 1 aromatic rings. The monoisotopic (exact) mass is 318 g/mol. The van der Waals surface area contributed by atoms with Crippen molar-refractivity contribution in [3.8, 4) is 0 Å². The molecule has 1 aliphatic carbocycles. The van der Waals surface area contributed by atoms with Gasteiger partial charge in [-0.3, -0.25) is 9.79 Å². The van der Waals surface area contributed by atoms with Crippen LogP contribution in [0.4, 0.5) is 0 Å². The lowest BCUT2D eigenvalue weighted by molar-refractivity contribution is -0.120. The molecule has 0 radical (unpaired) electrons. The second kappa shape index (κ2) is 9.71. The third-order valence-corrected chi connectivity index (χ3v) is 3.80. The average Bonchev–Trinajstić information content (AvgIpc) is 3.10. The molecule has 0 unspecified atom stereocenters. The van der Waals surface area contributed by atoms with E-state index in [1.165, 1.54) is 31.3 Å². The van der Waals surface area contributed by atoms with Crippen LogP contribution in [0.15, 0.2) is 39.5 Å². The highest BCUT2D eigenvalue weighted by Crippen LogP contribution is 2.19. The number of aliphatic imine (C=N–C) groups is 1. The highest BCUT2D eigenvalue weighted by Gasteiger charge is 2.06. The second-order valence-corrected chi connectivity index (χ2v) is 5.57. The molecule has 1 heterocycles. The highest BCUT2D eigenvalue weighted by molar-refractivity contribution is 5.86. The normalized spacial score (nSPS) is 15.0. The van der Waals surface area contributed by atoms with E-state index in [-0.39, 0.29) is 12.5 Å². The number of furan rings is 1. The summed E-state index contributed by atoms with van der Waals surface area (Å²) in [6.45, 7) is 1.41. The van der Waals surface area contributed by atoms with Crippen molar-refractivity contribution in [2.24, 2.45) is 4.99 Å². The Balaban J connectivity index is 1.60. The summed E-state index contributed by atoms with van der Waals surface area (Å²) >= 11 is 0. The summed E-state index contributed by atoms with van der Waals surface area (Å²) in [5, 5.41) is 9.04. The molecule has 0 saturated heterocycles. The molecule has 3 N–H and O–H groups in total. The van der Waals surface area contributed by atoms with Crippen molar-refractivity contribution in [1.29, 1.82) is 0 Å². The number of allylic oxidation sites excluding steroid dienone is 1. The zero-order chi connectivity index (χ0) is 16.3. The predicted octanol–water partition coefficient (Wildman–Crippen LogP) is 1.95. The fourth-order valence-electron chi connectivity index (χ4n) is 2.52. The fraction of sp³-hybridized carbons (Fsp3) is 0.529. The Hall–Kier alpha value is -2.24. The van der Waals surface area contributed by atoms with Gasteiger partial charge in [-0.2, -0.15) is 0 Å². The van der Waals surface area contributed by atoms with Gasteiger partial charge in [-0.05, 0) is 44.2 Å². The van der Waals surface area contributed by atoms with E-state index in [0.29, 0.717) is 12.5 Å². The Kier molecular flexibility index (Phi) is 7.23. The smallest absolute Gasteiger partial charge is 0.239 e. The first kappa shape index (κ1) is 17.1. The van der Waals surface area contributed by atoms with Crippen LogP contribution in [0.3, 0.4) is 0 Å². The molecule has 0 spiro atoms. The van der Waals surface area contributed by atoms with Gasteiger partial charge in [-0.1, -0.05) is 11.6 Å². The van der Waals surface area contributed by atoms with Crippen molar-refractivity contribution in [2.75, 3.05) is 20.1 Å². The lowest BCUT2D eigenvalue weighted by Crippen LogP contribution is -2.43. The number of hydrogen-bond acceptors (Lipinski definition) is 3. The molecule has 23 heavy (non-hydrogen) atoms. The van der Waals surface area contributed by atoms with Gasteiger partial charge in [0.1, 0.15) is 5.76 Å². The second-order valence-electron chi connectivity index (χ2n) is 5.57. The van der Waals surface area contributed by atoms with E-state index in [0.717, 1.165) is 18.7 Å². The Morgan fingerprint density at radius 2 is 2.22 bits per heavy atom. The minimum absolute atomic E-state index is 0.0978. The van der Waals surface area contributed by atoms with Crippen LogP contribution in [0.1, 0.15) is 37.9 Å². The topological polar surface area (TPSA) is 78.7 Å². The van der Waals surface area contributed by atoms with Gasteiger partial charge in [0.05, 0.1) is 19.4 Å². The number of hydrogen-bond donors (Lipinski definition) is 3. The first-order valence-corrected chi connectivity index (χ1v) is 8.19. The maximum atomic E-state index is 11.8. The molecule has 6 nitrogen and oxygen atoms in total. The van der Waals surface area contributed by atoms with E-state index >= 15 is 0 Å². The molecule has 0 aromatic carbocycles. The molecule has 126 valence electrons. The van der Waals surface area contributed by atoms with Crippen LogP contribution in [0.25, 0.3) is 0 Å². The zero-order valence-corrected chi connectivity index (χ0v) is 13.7. The Morgan fingerprint density at radius 3 is 2.91 bits per heavy atom. The van der Waals surface area contributed by atoms with Crippen LogP contribution >= 0.6 is 0 Å². The van der Waals surface area contributed by atoms with Crippen molar-refractivity contribution in [3.63, 3.8) is 0 Å². The molecule has 0 saturated carbocycles. The molecule has 1 amide bonds. The van der Waals surface area contributed by atoms with Gasteiger partial charge in [-0.15, -0.1) is 0 Å². The first-order valence-electron chi connectivity index (χ1n) is 8.19. The SMILES string of the molecule is CN=C(NCCC1=CCCCC1)NCC(=O)NCc1ccco1. The van der Waals surface area contributed by atoms with Crippen molar-refractivity contribution < 1.29 is 9.21 Å². The van der Waals surface area contributed by atoms with Gasteiger partial charge in [0, 0.05) is 13.6 Å². The zero-order valence-electron chi connectivity index (χ0n) is 13.7. The number of nitrogens with one attached hydrogen (secondary N) is 3. The van der Waals surface area contributed by atoms with Crippen molar-refractivity contribution in [3.05, 3.63) is 35.8 Å². The van der Waals surface area contributed by atoms with Crippen molar-refractivity contribution in [1.82, 2.24) is 16.0 Å². The van der Waals surface area contributed by atoms with Crippen LogP contribution in [0.2, 0.25) is 0 Å². The third-order valence-electron chi connectivity index (χ3n) is 3.80. The maximum absolute atomic E-state index is 11.8. The Bertz CT molecular complexity index is 535. The van der Waals surface area contributed by atoms with E-state index in [1.807, 2.05) is 6.07 Å². The standard InChI is InChI=1S/C17H26N4O2/c1-18-17(19-10-9-14-6-3-2-4-7-14)21-13-16(22)20-12-15-8-5-11-23-15/h5-6,8,11H,2-4,7,9-10,12-13H2,1H3,(H,20,22)(H2,18,19,21). The highest BCUT2D eigenvalue weighted by atomic mass is 16.3. The Labute approximate surface area is 137 Å². The molecular weight excluding hydrogens is 292 g/mol. The van der Waals surface area contributed by atoms with Crippen LogP contribution in [0.5, 0.6) is 0 Å². The van der Waals surface area contributed by atoms with Gasteiger partial charge in [-0.25, -0.2) is 0 Å². The van der Waals surface area contributed by atoms with Crippen LogP contribution < -0.4 is 16.0 Å². The molecule has 0 fully saturated rings. The van der Waals surface area contributed by atoms with E-state index in [2.05, 4.69) is 27.0 Å². The molecule has 2 rings (SSSR count). The molecular formula is C17H26N4O2. The molecule has 1 aliphatic rings. The summed E-state index contributed by atoms with van der Waals surface area (Å²) in [7, 11) is 1.70. The summed E-state index contributed by atoms with van der Waals surface area (Å²) in [4.78, 5) is 15.9. The van der Waals surface area contributed by atoms with Gasteiger partial charge < -0.3 is 20.4 Å². The van der Waals surface area contributed by atoms with E-state index in [4.69, 9.17) is 4.42 Å². The van der Waals surface area contributed by atoms with E-state index < -0.39 is 0 Å². The summed E-state index contributed by atoms with van der Waals surface area (Å²) in [5.41, 5.74) is 1.52. The largest absolute Gasteiger partial charge is 0.467 e.